The molecular formula is C10H10BrN3O2. The van der Waals surface area contributed by atoms with E-state index in [0.29, 0.717) is 10.4 Å². The van der Waals surface area contributed by atoms with E-state index >= 15 is 0 Å². The highest BCUT2D eigenvalue weighted by Crippen LogP contribution is 2.17. The third kappa shape index (κ3) is 2.16. The van der Waals surface area contributed by atoms with Crippen LogP contribution >= 0.6 is 15.9 Å². The largest absolute Gasteiger partial charge is 0.444 e. The third-order valence-electron chi connectivity index (χ3n) is 2.06. The summed E-state index contributed by atoms with van der Waals surface area (Å²) in [6, 6.07) is 3.27. The van der Waals surface area contributed by atoms with Crippen LogP contribution in [0.3, 0.4) is 0 Å². The first-order valence-corrected chi connectivity index (χ1v) is 5.42. The Balaban J connectivity index is 2.16. The van der Waals surface area contributed by atoms with Crippen LogP contribution in [0, 0.1) is 6.92 Å². The fourth-order valence-electron chi connectivity index (χ4n) is 1.34. The van der Waals surface area contributed by atoms with E-state index in [1.165, 1.54) is 0 Å². The Morgan fingerprint density at radius 1 is 1.56 bits per heavy atom. The molecule has 0 aliphatic rings. The predicted octanol–water partition coefficient (Wildman–Crippen LogP) is 2.34. The molecule has 1 amide bonds. The lowest BCUT2D eigenvalue weighted by Gasteiger charge is -1.99. The quantitative estimate of drug-likeness (QED) is 0.920. The number of hydrogen-bond acceptors (Lipinski definition) is 3. The second-order valence-corrected chi connectivity index (χ2v) is 4.14. The van der Waals surface area contributed by atoms with Crippen molar-refractivity contribution in [2.75, 3.05) is 5.32 Å². The van der Waals surface area contributed by atoms with E-state index in [-0.39, 0.29) is 11.7 Å². The number of hydrogen-bond donors (Lipinski definition) is 1. The fraction of sp³-hybridized carbons (Fsp3) is 0.200. The number of amides is 1. The van der Waals surface area contributed by atoms with Crippen LogP contribution in [-0.4, -0.2) is 15.7 Å². The van der Waals surface area contributed by atoms with E-state index in [4.69, 9.17) is 4.42 Å². The van der Waals surface area contributed by atoms with Gasteiger partial charge in [-0.05, 0) is 35.0 Å². The zero-order valence-corrected chi connectivity index (χ0v) is 10.4. The van der Waals surface area contributed by atoms with Gasteiger partial charge >= 0.3 is 0 Å². The van der Waals surface area contributed by atoms with Crippen molar-refractivity contribution < 1.29 is 9.21 Å². The summed E-state index contributed by atoms with van der Waals surface area (Å²) in [7, 11) is 1.80. The van der Waals surface area contributed by atoms with Crippen LogP contribution in [0.25, 0.3) is 0 Å². The first-order chi connectivity index (χ1) is 7.56. The molecule has 5 nitrogen and oxygen atoms in total. The van der Waals surface area contributed by atoms with E-state index < -0.39 is 0 Å². The van der Waals surface area contributed by atoms with Crippen LogP contribution in [0.15, 0.2) is 27.4 Å². The Morgan fingerprint density at radius 2 is 2.31 bits per heavy atom. The van der Waals surface area contributed by atoms with Gasteiger partial charge in [0.05, 0.1) is 11.4 Å². The topological polar surface area (TPSA) is 60.1 Å². The van der Waals surface area contributed by atoms with Crippen molar-refractivity contribution in [1.82, 2.24) is 9.78 Å². The minimum absolute atomic E-state index is 0.259. The second-order valence-electron chi connectivity index (χ2n) is 3.36. The van der Waals surface area contributed by atoms with Crippen molar-refractivity contribution in [2.45, 2.75) is 6.92 Å². The molecule has 84 valence electrons. The molecule has 2 rings (SSSR count). The van der Waals surface area contributed by atoms with Crippen molar-refractivity contribution >= 4 is 27.5 Å². The van der Waals surface area contributed by atoms with Crippen LogP contribution in [0.5, 0.6) is 0 Å². The van der Waals surface area contributed by atoms with Gasteiger partial charge in [0.25, 0.3) is 5.91 Å². The summed E-state index contributed by atoms with van der Waals surface area (Å²) in [5.74, 6) is -0.0306. The third-order valence-corrected chi connectivity index (χ3v) is 2.48. The smallest absolute Gasteiger partial charge is 0.291 e. The Morgan fingerprint density at radius 3 is 2.81 bits per heavy atom. The summed E-state index contributed by atoms with van der Waals surface area (Å²) in [6.45, 7) is 1.83. The molecule has 0 saturated heterocycles. The molecule has 0 aliphatic heterocycles. The molecule has 0 bridgehead atoms. The molecule has 2 aromatic rings. The first-order valence-electron chi connectivity index (χ1n) is 4.63. The van der Waals surface area contributed by atoms with E-state index in [2.05, 4.69) is 26.3 Å². The van der Waals surface area contributed by atoms with Crippen LogP contribution in [-0.2, 0) is 7.05 Å². The predicted molar refractivity (Wildman–Crippen MR) is 62.3 cm³/mol. The maximum atomic E-state index is 11.7. The maximum Gasteiger partial charge on any atom is 0.291 e. The SMILES string of the molecule is Cc1nn(C)cc1NC(=O)c1ccc(Br)o1. The minimum Gasteiger partial charge on any atom is -0.444 e. The van der Waals surface area contributed by atoms with Gasteiger partial charge < -0.3 is 9.73 Å². The summed E-state index contributed by atoms with van der Waals surface area (Å²) in [5, 5.41) is 6.85. The number of nitrogens with zero attached hydrogens (tertiary/aromatic N) is 2. The molecule has 16 heavy (non-hydrogen) atoms. The highest BCUT2D eigenvalue weighted by molar-refractivity contribution is 9.10. The Hall–Kier alpha value is -1.56. The minimum atomic E-state index is -0.290. The number of carbonyl (C=O) groups excluding carboxylic acids is 1. The average molecular weight is 284 g/mol. The number of aromatic nitrogens is 2. The van der Waals surface area contributed by atoms with Gasteiger partial charge in [0.1, 0.15) is 0 Å². The number of furan rings is 1. The molecule has 0 unspecified atom stereocenters. The van der Waals surface area contributed by atoms with E-state index in [1.54, 1.807) is 30.1 Å². The first kappa shape index (κ1) is 10.9. The average Bonchev–Trinajstić information content (AvgIpc) is 2.74. The van der Waals surface area contributed by atoms with Gasteiger partial charge in [-0.2, -0.15) is 5.10 Å². The zero-order valence-electron chi connectivity index (χ0n) is 8.82. The van der Waals surface area contributed by atoms with Gasteiger partial charge in [-0.1, -0.05) is 0 Å². The van der Waals surface area contributed by atoms with Gasteiger partial charge in [-0.3, -0.25) is 9.48 Å². The van der Waals surface area contributed by atoms with Gasteiger partial charge in [0, 0.05) is 13.2 Å². The van der Waals surface area contributed by atoms with Gasteiger partial charge in [0.2, 0.25) is 0 Å². The van der Waals surface area contributed by atoms with Gasteiger partial charge in [0.15, 0.2) is 10.4 Å². The molecule has 0 fully saturated rings. The van der Waals surface area contributed by atoms with Crippen molar-refractivity contribution in [3.8, 4) is 0 Å². The monoisotopic (exact) mass is 283 g/mol. The fourth-order valence-corrected chi connectivity index (χ4v) is 1.65. The lowest BCUT2D eigenvalue weighted by molar-refractivity contribution is 0.0995. The highest BCUT2D eigenvalue weighted by Gasteiger charge is 2.13. The molecule has 0 spiro atoms. The van der Waals surface area contributed by atoms with Crippen LogP contribution in [0.1, 0.15) is 16.2 Å². The van der Waals surface area contributed by atoms with Crippen LogP contribution in [0.2, 0.25) is 0 Å². The summed E-state index contributed by atoms with van der Waals surface area (Å²) < 4.78 is 7.31. The van der Waals surface area contributed by atoms with E-state index in [0.717, 1.165) is 5.69 Å². The summed E-state index contributed by atoms with van der Waals surface area (Å²) in [5.41, 5.74) is 1.45. The van der Waals surface area contributed by atoms with Crippen molar-refractivity contribution in [2.24, 2.45) is 7.05 Å². The number of nitrogens with one attached hydrogen (secondary N) is 1. The lowest BCUT2D eigenvalue weighted by Crippen LogP contribution is -2.11. The maximum absolute atomic E-state index is 11.7. The number of aryl methyl sites for hydroxylation is 2. The Kier molecular flexibility index (Phi) is 2.82. The normalized spacial score (nSPS) is 10.4. The van der Waals surface area contributed by atoms with Crippen molar-refractivity contribution in [3.05, 3.63) is 34.5 Å². The standard InChI is InChI=1S/C10H10BrN3O2/c1-6-7(5-14(2)13-6)12-10(15)8-3-4-9(11)16-8/h3-5H,1-2H3,(H,12,15). The van der Waals surface area contributed by atoms with Crippen molar-refractivity contribution in [1.29, 1.82) is 0 Å². The van der Waals surface area contributed by atoms with Gasteiger partial charge in [-0.15, -0.1) is 0 Å². The summed E-state index contributed by atoms with van der Waals surface area (Å²) >= 11 is 3.14. The molecule has 2 aromatic heterocycles. The Labute approximate surface area is 101 Å². The number of rotatable bonds is 2. The molecule has 0 aromatic carbocycles. The van der Waals surface area contributed by atoms with E-state index in [1.807, 2.05) is 6.92 Å². The summed E-state index contributed by atoms with van der Waals surface area (Å²) in [6.07, 6.45) is 1.74. The van der Waals surface area contributed by atoms with Crippen molar-refractivity contribution in [3.63, 3.8) is 0 Å². The number of halogens is 1. The number of anilines is 1. The molecule has 1 N–H and O–H groups in total. The highest BCUT2D eigenvalue weighted by atomic mass is 79.9. The van der Waals surface area contributed by atoms with Gasteiger partial charge in [-0.25, -0.2) is 0 Å². The second kappa shape index (κ2) is 4.13. The molecule has 0 saturated carbocycles. The van der Waals surface area contributed by atoms with Crippen LogP contribution < -0.4 is 5.32 Å². The Bertz CT molecular complexity index is 530. The molecule has 0 atom stereocenters. The molecular weight excluding hydrogens is 274 g/mol. The van der Waals surface area contributed by atoms with E-state index in [9.17, 15) is 4.79 Å². The van der Waals surface area contributed by atoms with Crippen LogP contribution in [0.4, 0.5) is 5.69 Å². The molecule has 2 heterocycles. The zero-order chi connectivity index (χ0) is 11.7. The lowest BCUT2D eigenvalue weighted by atomic mass is 10.3. The molecule has 0 radical (unpaired) electrons. The number of carbonyl (C=O) groups is 1. The molecule has 0 aliphatic carbocycles. The summed E-state index contributed by atoms with van der Waals surface area (Å²) in [4.78, 5) is 11.7. The molecule has 6 heteroatoms.